The predicted molar refractivity (Wildman–Crippen MR) is 74.2 cm³/mol. The van der Waals surface area contributed by atoms with E-state index < -0.39 is 0 Å². The molecule has 2 rings (SSSR count). The predicted octanol–water partition coefficient (Wildman–Crippen LogP) is 2.59. The highest BCUT2D eigenvalue weighted by atomic mass is 16.5. The van der Waals surface area contributed by atoms with Gasteiger partial charge in [-0.15, -0.1) is 0 Å². The van der Waals surface area contributed by atoms with E-state index in [0.29, 0.717) is 6.04 Å². The lowest BCUT2D eigenvalue weighted by Gasteiger charge is -2.08. The molecule has 0 fully saturated rings. The van der Waals surface area contributed by atoms with Crippen molar-refractivity contribution >= 4 is 0 Å². The summed E-state index contributed by atoms with van der Waals surface area (Å²) in [4.78, 5) is 4.31. The standard InChI is InChI=1S/C14H20N4O/c1-4-18-10-14(9-17-18)19-13-5-6-15-12(7-13)8-16-11(2)3/h5-7,9-11,16H,4,8H2,1-3H3. The van der Waals surface area contributed by atoms with Crippen LogP contribution in [-0.2, 0) is 13.1 Å². The molecule has 2 heterocycles. The number of pyridine rings is 1. The van der Waals surface area contributed by atoms with E-state index in [4.69, 9.17) is 4.74 Å². The molecule has 2 aromatic heterocycles. The molecule has 0 bridgehead atoms. The molecule has 0 saturated heterocycles. The molecule has 0 unspecified atom stereocenters. The van der Waals surface area contributed by atoms with Crippen LogP contribution in [0.5, 0.6) is 11.5 Å². The zero-order valence-corrected chi connectivity index (χ0v) is 11.6. The molecule has 1 N–H and O–H groups in total. The number of hydrogen-bond acceptors (Lipinski definition) is 4. The highest BCUT2D eigenvalue weighted by Gasteiger charge is 2.03. The number of nitrogens with zero attached hydrogens (tertiary/aromatic N) is 3. The van der Waals surface area contributed by atoms with Gasteiger partial charge in [0, 0.05) is 31.4 Å². The maximum Gasteiger partial charge on any atom is 0.165 e. The van der Waals surface area contributed by atoms with Crippen LogP contribution in [0.25, 0.3) is 0 Å². The fourth-order valence-corrected chi connectivity index (χ4v) is 1.63. The van der Waals surface area contributed by atoms with Crippen molar-refractivity contribution in [2.24, 2.45) is 0 Å². The molecule has 102 valence electrons. The Bertz CT molecular complexity index is 522. The molecule has 5 nitrogen and oxygen atoms in total. The van der Waals surface area contributed by atoms with Crippen molar-refractivity contribution in [3.05, 3.63) is 36.4 Å². The van der Waals surface area contributed by atoms with Crippen LogP contribution in [0, 0.1) is 0 Å². The Kier molecular flexibility index (Phi) is 4.52. The van der Waals surface area contributed by atoms with Crippen molar-refractivity contribution in [2.75, 3.05) is 0 Å². The van der Waals surface area contributed by atoms with Gasteiger partial charge in [0.1, 0.15) is 5.75 Å². The van der Waals surface area contributed by atoms with Crippen LogP contribution in [0.4, 0.5) is 0 Å². The molecule has 2 aromatic rings. The lowest BCUT2D eigenvalue weighted by molar-refractivity contribution is 0.478. The number of hydrogen-bond donors (Lipinski definition) is 1. The largest absolute Gasteiger partial charge is 0.454 e. The number of nitrogens with one attached hydrogen (secondary N) is 1. The van der Waals surface area contributed by atoms with Gasteiger partial charge in [-0.1, -0.05) is 13.8 Å². The minimum absolute atomic E-state index is 0.439. The number of aryl methyl sites for hydroxylation is 1. The van der Waals surface area contributed by atoms with Crippen molar-refractivity contribution in [2.45, 2.75) is 39.9 Å². The first-order valence-electron chi connectivity index (χ1n) is 6.56. The van der Waals surface area contributed by atoms with E-state index in [1.54, 1.807) is 12.4 Å². The van der Waals surface area contributed by atoms with E-state index in [9.17, 15) is 0 Å². The molecule has 0 aliphatic rings. The van der Waals surface area contributed by atoms with Gasteiger partial charge in [-0.3, -0.25) is 9.67 Å². The smallest absolute Gasteiger partial charge is 0.165 e. The van der Waals surface area contributed by atoms with E-state index in [-0.39, 0.29) is 0 Å². The minimum Gasteiger partial charge on any atom is -0.454 e. The maximum atomic E-state index is 5.76. The summed E-state index contributed by atoms with van der Waals surface area (Å²) >= 11 is 0. The third-order valence-electron chi connectivity index (χ3n) is 2.65. The van der Waals surface area contributed by atoms with Crippen LogP contribution >= 0.6 is 0 Å². The second-order valence-electron chi connectivity index (χ2n) is 4.65. The van der Waals surface area contributed by atoms with Gasteiger partial charge in [-0.05, 0) is 13.0 Å². The van der Waals surface area contributed by atoms with Crippen LogP contribution in [0.3, 0.4) is 0 Å². The SMILES string of the molecule is CCn1cc(Oc2ccnc(CNC(C)C)c2)cn1. The Hall–Kier alpha value is -1.88. The lowest BCUT2D eigenvalue weighted by Crippen LogP contribution is -2.22. The monoisotopic (exact) mass is 260 g/mol. The molecule has 0 radical (unpaired) electrons. The highest BCUT2D eigenvalue weighted by molar-refractivity contribution is 5.28. The third kappa shape index (κ3) is 4.06. The van der Waals surface area contributed by atoms with Crippen molar-refractivity contribution in [3.63, 3.8) is 0 Å². The van der Waals surface area contributed by atoms with Gasteiger partial charge in [0.2, 0.25) is 0 Å². The third-order valence-corrected chi connectivity index (χ3v) is 2.65. The Morgan fingerprint density at radius 1 is 1.37 bits per heavy atom. The van der Waals surface area contributed by atoms with Gasteiger partial charge >= 0.3 is 0 Å². The van der Waals surface area contributed by atoms with Gasteiger partial charge in [-0.25, -0.2) is 0 Å². The molecule has 0 aromatic carbocycles. The summed E-state index contributed by atoms with van der Waals surface area (Å²) in [5.74, 6) is 1.53. The Morgan fingerprint density at radius 2 is 2.21 bits per heavy atom. The minimum atomic E-state index is 0.439. The second-order valence-corrected chi connectivity index (χ2v) is 4.65. The molecule has 19 heavy (non-hydrogen) atoms. The molecule has 0 atom stereocenters. The van der Waals surface area contributed by atoms with Crippen molar-refractivity contribution in [1.29, 1.82) is 0 Å². The first kappa shape index (κ1) is 13.5. The molecular formula is C14H20N4O. The Morgan fingerprint density at radius 3 is 2.89 bits per heavy atom. The zero-order chi connectivity index (χ0) is 13.7. The molecule has 0 aliphatic carbocycles. The molecular weight excluding hydrogens is 240 g/mol. The average molecular weight is 260 g/mol. The van der Waals surface area contributed by atoms with Gasteiger partial charge in [0.15, 0.2) is 5.75 Å². The number of aromatic nitrogens is 3. The first-order valence-corrected chi connectivity index (χ1v) is 6.56. The van der Waals surface area contributed by atoms with Gasteiger partial charge in [0.05, 0.1) is 18.1 Å². The van der Waals surface area contributed by atoms with E-state index in [1.807, 2.05) is 29.9 Å². The summed E-state index contributed by atoms with van der Waals surface area (Å²) in [6.07, 6.45) is 5.36. The van der Waals surface area contributed by atoms with Crippen molar-refractivity contribution < 1.29 is 4.74 Å². The van der Waals surface area contributed by atoms with Crippen LogP contribution in [-0.4, -0.2) is 20.8 Å². The quantitative estimate of drug-likeness (QED) is 0.867. The van der Waals surface area contributed by atoms with Gasteiger partial charge in [0.25, 0.3) is 0 Å². The van der Waals surface area contributed by atoms with Gasteiger partial charge < -0.3 is 10.1 Å². The summed E-state index contributed by atoms with van der Waals surface area (Å²) in [5.41, 5.74) is 0.967. The van der Waals surface area contributed by atoms with Crippen LogP contribution < -0.4 is 10.1 Å². The molecule has 0 aliphatic heterocycles. The summed E-state index contributed by atoms with van der Waals surface area (Å²) in [6.45, 7) is 7.84. The van der Waals surface area contributed by atoms with Crippen molar-refractivity contribution in [3.8, 4) is 11.5 Å². The highest BCUT2D eigenvalue weighted by Crippen LogP contribution is 2.20. The van der Waals surface area contributed by atoms with Crippen molar-refractivity contribution in [1.82, 2.24) is 20.1 Å². The Balaban J connectivity index is 2.02. The topological polar surface area (TPSA) is 52.0 Å². The maximum absolute atomic E-state index is 5.76. The summed E-state index contributed by atoms with van der Waals surface area (Å²) in [6, 6.07) is 4.23. The fraction of sp³-hybridized carbons (Fsp3) is 0.429. The normalized spacial score (nSPS) is 10.9. The Labute approximate surface area is 113 Å². The number of ether oxygens (including phenoxy) is 1. The van der Waals surface area contributed by atoms with E-state index in [1.165, 1.54) is 0 Å². The second kappa shape index (κ2) is 6.33. The molecule has 0 amide bonds. The molecule has 5 heteroatoms. The first-order chi connectivity index (χ1) is 9.17. The lowest BCUT2D eigenvalue weighted by atomic mass is 10.3. The van der Waals surface area contributed by atoms with Crippen LogP contribution in [0.1, 0.15) is 26.5 Å². The summed E-state index contributed by atoms with van der Waals surface area (Å²) in [5, 5.41) is 7.51. The fourth-order valence-electron chi connectivity index (χ4n) is 1.63. The molecule has 0 saturated carbocycles. The summed E-state index contributed by atoms with van der Waals surface area (Å²) < 4.78 is 7.59. The van der Waals surface area contributed by atoms with E-state index >= 15 is 0 Å². The zero-order valence-electron chi connectivity index (χ0n) is 11.6. The van der Waals surface area contributed by atoms with E-state index in [2.05, 4.69) is 29.2 Å². The van der Waals surface area contributed by atoms with E-state index in [0.717, 1.165) is 30.3 Å². The van der Waals surface area contributed by atoms with Crippen LogP contribution in [0.15, 0.2) is 30.7 Å². The number of rotatable bonds is 6. The summed E-state index contributed by atoms with van der Waals surface area (Å²) in [7, 11) is 0. The van der Waals surface area contributed by atoms with Crippen LogP contribution in [0.2, 0.25) is 0 Å². The molecule has 0 spiro atoms. The average Bonchev–Trinajstić information content (AvgIpc) is 2.84. The van der Waals surface area contributed by atoms with Gasteiger partial charge in [-0.2, -0.15) is 5.10 Å².